The minimum Gasteiger partial charge on any atom is -0.459 e. The lowest BCUT2D eigenvalue weighted by molar-refractivity contribution is 0.0885. The van der Waals surface area contributed by atoms with E-state index in [1.165, 1.54) is 6.26 Å². The van der Waals surface area contributed by atoms with Crippen LogP contribution in [0.15, 0.2) is 57.0 Å². The minimum atomic E-state index is -0.433. The molecule has 4 aromatic rings. The topological polar surface area (TPSA) is 94.1 Å². The van der Waals surface area contributed by atoms with Crippen molar-refractivity contribution in [1.29, 1.82) is 0 Å². The lowest BCUT2D eigenvalue weighted by Crippen LogP contribution is -2.31. The molecule has 7 nitrogen and oxygen atoms in total. The highest BCUT2D eigenvalue weighted by atomic mass is 32.1. The van der Waals surface area contributed by atoms with Crippen LogP contribution in [-0.2, 0) is 6.42 Å². The number of hydrogen-bond acceptors (Lipinski definition) is 7. The van der Waals surface area contributed by atoms with Crippen LogP contribution in [0.25, 0.3) is 22.6 Å². The van der Waals surface area contributed by atoms with Crippen LogP contribution in [0.1, 0.15) is 48.3 Å². The van der Waals surface area contributed by atoms with E-state index in [9.17, 15) is 4.79 Å². The van der Waals surface area contributed by atoms with Gasteiger partial charge in [0.05, 0.1) is 17.0 Å². The second-order valence-corrected chi connectivity index (χ2v) is 8.13. The summed E-state index contributed by atoms with van der Waals surface area (Å²) in [5, 5.41) is 10.2. The van der Waals surface area contributed by atoms with Gasteiger partial charge in [-0.15, -0.1) is 11.3 Å². The van der Waals surface area contributed by atoms with Gasteiger partial charge in [-0.2, -0.15) is 4.98 Å². The predicted octanol–water partition coefficient (Wildman–Crippen LogP) is 5.14. The molecular formula is C22H22N4O3S. The summed E-state index contributed by atoms with van der Waals surface area (Å²) in [6.07, 6.45) is 2.38. The zero-order valence-corrected chi connectivity index (χ0v) is 17.8. The number of nitrogens with zero attached hydrogens (tertiary/aromatic N) is 3. The normalized spacial score (nSPS) is 12.3. The van der Waals surface area contributed by atoms with E-state index in [2.05, 4.69) is 32.7 Å². The molecule has 0 fully saturated rings. The Morgan fingerprint density at radius 2 is 2.00 bits per heavy atom. The second-order valence-electron chi connectivity index (χ2n) is 7.19. The van der Waals surface area contributed by atoms with Crippen LogP contribution < -0.4 is 5.32 Å². The third-order valence-electron chi connectivity index (χ3n) is 4.68. The average molecular weight is 423 g/mol. The van der Waals surface area contributed by atoms with Crippen molar-refractivity contribution in [3.63, 3.8) is 0 Å². The monoisotopic (exact) mass is 422 g/mol. The summed E-state index contributed by atoms with van der Waals surface area (Å²) >= 11 is 1.65. The summed E-state index contributed by atoms with van der Waals surface area (Å²) in [6, 6.07) is 10.7. The maximum atomic E-state index is 12.4. The molecular weight excluding hydrogens is 400 g/mol. The fourth-order valence-electron chi connectivity index (χ4n) is 3.04. The summed E-state index contributed by atoms with van der Waals surface area (Å²) in [7, 11) is 0. The third kappa shape index (κ3) is 4.18. The Bertz CT molecular complexity index is 1130. The Labute approximate surface area is 178 Å². The molecule has 0 saturated carbocycles. The van der Waals surface area contributed by atoms with Gasteiger partial charge < -0.3 is 14.3 Å². The Hall–Kier alpha value is -3.26. The molecule has 1 aromatic carbocycles. The smallest absolute Gasteiger partial charge is 0.287 e. The summed E-state index contributed by atoms with van der Waals surface area (Å²) in [4.78, 5) is 21.6. The van der Waals surface area contributed by atoms with Crippen molar-refractivity contribution < 1.29 is 13.7 Å². The van der Waals surface area contributed by atoms with Gasteiger partial charge in [0.15, 0.2) is 5.76 Å². The van der Waals surface area contributed by atoms with E-state index in [1.807, 2.05) is 38.1 Å². The van der Waals surface area contributed by atoms with Gasteiger partial charge in [-0.1, -0.05) is 44.1 Å². The fourth-order valence-corrected chi connectivity index (χ4v) is 3.79. The molecule has 8 heteroatoms. The predicted molar refractivity (Wildman–Crippen MR) is 114 cm³/mol. The van der Waals surface area contributed by atoms with Crippen molar-refractivity contribution in [2.75, 3.05) is 0 Å². The third-order valence-corrected chi connectivity index (χ3v) is 5.67. The quantitative estimate of drug-likeness (QED) is 0.443. The van der Waals surface area contributed by atoms with Gasteiger partial charge in [0.2, 0.25) is 11.7 Å². The molecule has 30 heavy (non-hydrogen) atoms. The van der Waals surface area contributed by atoms with E-state index < -0.39 is 6.04 Å². The Morgan fingerprint density at radius 3 is 2.70 bits per heavy atom. The van der Waals surface area contributed by atoms with Crippen LogP contribution in [-0.4, -0.2) is 21.0 Å². The lowest BCUT2D eigenvalue weighted by Gasteiger charge is -2.17. The van der Waals surface area contributed by atoms with Gasteiger partial charge in [0.1, 0.15) is 6.04 Å². The first-order chi connectivity index (χ1) is 14.5. The van der Waals surface area contributed by atoms with Crippen molar-refractivity contribution in [2.45, 2.75) is 33.2 Å². The largest absolute Gasteiger partial charge is 0.459 e. The van der Waals surface area contributed by atoms with E-state index in [0.717, 1.165) is 28.2 Å². The van der Waals surface area contributed by atoms with Gasteiger partial charge in [0, 0.05) is 16.5 Å². The number of carbonyl (C=O) groups excluding carboxylic acids is 1. The molecule has 0 radical (unpaired) electrons. The van der Waals surface area contributed by atoms with Gasteiger partial charge >= 0.3 is 0 Å². The number of thiazole rings is 1. The first-order valence-electron chi connectivity index (χ1n) is 9.78. The van der Waals surface area contributed by atoms with Crippen LogP contribution >= 0.6 is 11.3 Å². The summed E-state index contributed by atoms with van der Waals surface area (Å²) < 4.78 is 10.7. The van der Waals surface area contributed by atoms with Crippen LogP contribution in [0, 0.1) is 5.92 Å². The Kier molecular flexibility index (Phi) is 5.76. The van der Waals surface area contributed by atoms with Crippen LogP contribution in [0.3, 0.4) is 0 Å². The number of amides is 1. The highest BCUT2D eigenvalue weighted by Gasteiger charge is 2.26. The SMILES string of the molecule is CCc1nc(-c2cccc(-c3noc(C(NC(=O)c4ccco4)C(C)C)n3)c2)cs1. The molecule has 1 amide bonds. The van der Waals surface area contributed by atoms with E-state index in [1.54, 1.807) is 23.5 Å². The molecule has 0 spiro atoms. The van der Waals surface area contributed by atoms with Gasteiger partial charge in [-0.25, -0.2) is 4.98 Å². The van der Waals surface area contributed by atoms with E-state index >= 15 is 0 Å². The van der Waals surface area contributed by atoms with E-state index in [4.69, 9.17) is 8.94 Å². The van der Waals surface area contributed by atoms with Gasteiger partial charge in [-0.3, -0.25) is 4.79 Å². The summed E-state index contributed by atoms with van der Waals surface area (Å²) in [6.45, 7) is 6.05. The highest BCUT2D eigenvalue weighted by Crippen LogP contribution is 2.28. The van der Waals surface area contributed by atoms with Crippen LogP contribution in [0.4, 0.5) is 0 Å². The second kappa shape index (κ2) is 8.62. The average Bonchev–Trinajstić information content (AvgIpc) is 3.53. The zero-order chi connectivity index (χ0) is 21.1. The number of benzene rings is 1. The first-order valence-corrected chi connectivity index (χ1v) is 10.7. The Balaban J connectivity index is 1.58. The number of furan rings is 1. The molecule has 0 aliphatic carbocycles. The van der Waals surface area contributed by atoms with E-state index in [-0.39, 0.29) is 17.6 Å². The fraction of sp³-hybridized carbons (Fsp3) is 0.273. The maximum Gasteiger partial charge on any atom is 0.287 e. The molecule has 0 saturated heterocycles. The Morgan fingerprint density at radius 1 is 1.17 bits per heavy atom. The molecule has 4 rings (SSSR count). The highest BCUT2D eigenvalue weighted by molar-refractivity contribution is 7.09. The molecule has 1 unspecified atom stereocenters. The van der Waals surface area contributed by atoms with Crippen LogP contribution in [0.2, 0.25) is 0 Å². The summed E-state index contributed by atoms with van der Waals surface area (Å²) in [5.74, 6) is 0.785. The number of aromatic nitrogens is 3. The van der Waals surface area contributed by atoms with Gasteiger partial charge in [-0.05, 0) is 30.5 Å². The van der Waals surface area contributed by atoms with Crippen molar-refractivity contribution >= 4 is 17.2 Å². The molecule has 1 atom stereocenters. The number of nitrogens with one attached hydrogen (secondary N) is 1. The summed E-state index contributed by atoms with van der Waals surface area (Å²) in [5.41, 5.74) is 2.77. The molecule has 0 aliphatic rings. The zero-order valence-electron chi connectivity index (χ0n) is 17.0. The number of aryl methyl sites for hydroxylation is 1. The number of hydrogen-bond donors (Lipinski definition) is 1. The molecule has 1 N–H and O–H groups in total. The molecule has 0 bridgehead atoms. The van der Waals surface area contributed by atoms with E-state index in [0.29, 0.717) is 11.7 Å². The molecule has 3 aromatic heterocycles. The lowest BCUT2D eigenvalue weighted by atomic mass is 10.0. The maximum absolute atomic E-state index is 12.4. The van der Waals surface area contributed by atoms with Crippen molar-refractivity contribution in [1.82, 2.24) is 20.4 Å². The van der Waals surface area contributed by atoms with Gasteiger partial charge in [0.25, 0.3) is 5.91 Å². The minimum absolute atomic E-state index is 0.0472. The van der Waals surface area contributed by atoms with Crippen LogP contribution in [0.5, 0.6) is 0 Å². The molecule has 154 valence electrons. The molecule has 3 heterocycles. The number of rotatable bonds is 7. The van der Waals surface area contributed by atoms with Crippen molar-refractivity contribution in [3.05, 3.63) is 64.7 Å². The van der Waals surface area contributed by atoms with Crippen molar-refractivity contribution in [3.8, 4) is 22.6 Å². The van der Waals surface area contributed by atoms with Crippen molar-refractivity contribution in [2.24, 2.45) is 5.92 Å². The first kappa shape index (κ1) is 20.0. The standard InChI is InChI=1S/C22H22N4O3S/c1-4-18-23-16(12-30-18)14-7-5-8-15(11-14)20-25-22(29-26-20)19(13(2)3)24-21(27)17-9-6-10-28-17/h5-13,19H,4H2,1-3H3,(H,24,27). The number of carbonyl (C=O) groups is 1. The molecule has 0 aliphatic heterocycles.